The van der Waals surface area contributed by atoms with Crippen molar-refractivity contribution in [2.75, 3.05) is 20.8 Å². The topological polar surface area (TPSA) is 44.5 Å². The van der Waals surface area contributed by atoms with Crippen LogP contribution in [0.15, 0.2) is 12.1 Å². The lowest BCUT2D eigenvalue weighted by molar-refractivity contribution is 0.380. The Kier molecular flexibility index (Phi) is 4.63. The van der Waals surface area contributed by atoms with Gasteiger partial charge >= 0.3 is 0 Å². The predicted octanol–water partition coefficient (Wildman–Crippen LogP) is 3.06. The second-order valence-electron chi connectivity index (χ2n) is 5.68. The van der Waals surface area contributed by atoms with E-state index in [1.165, 1.54) is 0 Å². The van der Waals surface area contributed by atoms with Crippen LogP contribution < -0.4 is 15.2 Å². The molecule has 0 aliphatic heterocycles. The summed E-state index contributed by atoms with van der Waals surface area (Å²) in [6, 6.07) is 4.07. The van der Waals surface area contributed by atoms with E-state index in [0.717, 1.165) is 22.6 Å². The van der Waals surface area contributed by atoms with Crippen molar-refractivity contribution in [3.63, 3.8) is 0 Å². The summed E-state index contributed by atoms with van der Waals surface area (Å²) in [4.78, 5) is 0. The Bertz CT molecular complexity index is 408. The summed E-state index contributed by atoms with van der Waals surface area (Å²) >= 11 is 0. The Hall–Kier alpha value is -1.22. The molecule has 0 bridgehead atoms. The number of rotatable bonds is 4. The third kappa shape index (κ3) is 2.96. The molecule has 0 aliphatic carbocycles. The maximum atomic E-state index is 5.78. The molecule has 0 aliphatic rings. The standard InChI is InChI=1S/C15H25NO2/c1-10(9-16)12-7-11(17-5)8-13(14(12)18-6)15(2,3)4/h7-8,10H,9,16H2,1-6H3. The van der Waals surface area contributed by atoms with Crippen LogP contribution in [-0.2, 0) is 5.41 Å². The summed E-state index contributed by atoms with van der Waals surface area (Å²) in [6.07, 6.45) is 0. The van der Waals surface area contributed by atoms with E-state index in [2.05, 4.69) is 27.7 Å². The van der Waals surface area contributed by atoms with Crippen LogP contribution >= 0.6 is 0 Å². The van der Waals surface area contributed by atoms with E-state index in [4.69, 9.17) is 15.2 Å². The number of methoxy groups -OCH3 is 2. The zero-order valence-electron chi connectivity index (χ0n) is 12.3. The van der Waals surface area contributed by atoms with Gasteiger partial charge in [-0.1, -0.05) is 27.7 Å². The highest BCUT2D eigenvalue weighted by molar-refractivity contribution is 5.51. The molecule has 0 radical (unpaired) electrons. The first-order valence-electron chi connectivity index (χ1n) is 6.31. The highest BCUT2D eigenvalue weighted by Crippen LogP contribution is 2.40. The van der Waals surface area contributed by atoms with Crippen molar-refractivity contribution in [3.05, 3.63) is 23.3 Å². The van der Waals surface area contributed by atoms with E-state index in [0.29, 0.717) is 6.54 Å². The van der Waals surface area contributed by atoms with Crippen molar-refractivity contribution < 1.29 is 9.47 Å². The summed E-state index contributed by atoms with van der Waals surface area (Å²) < 4.78 is 11.0. The smallest absolute Gasteiger partial charge is 0.126 e. The summed E-state index contributed by atoms with van der Waals surface area (Å²) in [5.74, 6) is 2.04. The number of ether oxygens (including phenoxy) is 2. The van der Waals surface area contributed by atoms with Crippen molar-refractivity contribution in [1.29, 1.82) is 0 Å². The van der Waals surface area contributed by atoms with E-state index in [9.17, 15) is 0 Å². The molecule has 0 heterocycles. The van der Waals surface area contributed by atoms with Gasteiger partial charge in [0.05, 0.1) is 14.2 Å². The van der Waals surface area contributed by atoms with E-state index < -0.39 is 0 Å². The van der Waals surface area contributed by atoms with E-state index in [1.807, 2.05) is 12.1 Å². The predicted molar refractivity (Wildman–Crippen MR) is 75.7 cm³/mol. The van der Waals surface area contributed by atoms with Gasteiger partial charge in [0.25, 0.3) is 0 Å². The lowest BCUT2D eigenvalue weighted by Gasteiger charge is -2.26. The summed E-state index contributed by atoms with van der Waals surface area (Å²) in [6.45, 7) is 9.19. The minimum atomic E-state index is 0.00293. The molecule has 0 saturated heterocycles. The Morgan fingerprint density at radius 3 is 2.17 bits per heavy atom. The zero-order chi connectivity index (χ0) is 13.9. The Labute approximate surface area is 110 Å². The van der Waals surface area contributed by atoms with Crippen LogP contribution in [0, 0.1) is 0 Å². The van der Waals surface area contributed by atoms with Crippen molar-refractivity contribution >= 4 is 0 Å². The van der Waals surface area contributed by atoms with Gasteiger partial charge in [0.1, 0.15) is 11.5 Å². The molecule has 3 heteroatoms. The molecule has 0 aromatic heterocycles. The van der Waals surface area contributed by atoms with Gasteiger partial charge in [-0.05, 0) is 30.0 Å². The molecule has 0 amide bonds. The first kappa shape index (κ1) is 14.8. The van der Waals surface area contributed by atoms with Gasteiger partial charge in [0.15, 0.2) is 0 Å². The van der Waals surface area contributed by atoms with Gasteiger partial charge in [-0.3, -0.25) is 0 Å². The average Bonchev–Trinajstić information content (AvgIpc) is 2.34. The van der Waals surface area contributed by atoms with E-state index in [1.54, 1.807) is 14.2 Å². The van der Waals surface area contributed by atoms with Crippen LogP contribution in [0.25, 0.3) is 0 Å². The van der Waals surface area contributed by atoms with Crippen molar-refractivity contribution in [1.82, 2.24) is 0 Å². The minimum absolute atomic E-state index is 0.00293. The number of nitrogens with two attached hydrogens (primary N) is 1. The fourth-order valence-corrected chi connectivity index (χ4v) is 2.02. The summed E-state index contributed by atoms with van der Waals surface area (Å²) in [7, 11) is 3.40. The minimum Gasteiger partial charge on any atom is -0.497 e. The first-order chi connectivity index (χ1) is 8.35. The number of hydrogen-bond donors (Lipinski definition) is 1. The van der Waals surface area contributed by atoms with Crippen LogP contribution in [0.4, 0.5) is 0 Å². The molecule has 1 unspecified atom stereocenters. The fraction of sp³-hybridized carbons (Fsp3) is 0.600. The Balaban J connectivity index is 3.50. The molecule has 1 aromatic carbocycles. The van der Waals surface area contributed by atoms with Gasteiger partial charge < -0.3 is 15.2 Å². The van der Waals surface area contributed by atoms with Crippen LogP contribution in [0.1, 0.15) is 44.7 Å². The van der Waals surface area contributed by atoms with E-state index >= 15 is 0 Å². The molecule has 18 heavy (non-hydrogen) atoms. The largest absolute Gasteiger partial charge is 0.497 e. The van der Waals surface area contributed by atoms with Crippen LogP contribution in [-0.4, -0.2) is 20.8 Å². The second-order valence-corrected chi connectivity index (χ2v) is 5.68. The number of hydrogen-bond acceptors (Lipinski definition) is 3. The quantitative estimate of drug-likeness (QED) is 0.894. The summed E-state index contributed by atoms with van der Waals surface area (Å²) in [5.41, 5.74) is 8.05. The Morgan fingerprint density at radius 1 is 1.17 bits per heavy atom. The highest BCUT2D eigenvalue weighted by atomic mass is 16.5. The molecule has 1 atom stereocenters. The van der Waals surface area contributed by atoms with Gasteiger partial charge in [-0.15, -0.1) is 0 Å². The summed E-state index contributed by atoms with van der Waals surface area (Å²) in [5, 5.41) is 0. The molecule has 1 rings (SSSR count). The number of benzene rings is 1. The SMILES string of the molecule is COc1cc(C(C)CN)c(OC)c(C(C)(C)C)c1. The van der Waals surface area contributed by atoms with Gasteiger partial charge in [0.2, 0.25) is 0 Å². The highest BCUT2D eigenvalue weighted by Gasteiger charge is 2.24. The third-order valence-electron chi connectivity index (χ3n) is 3.22. The van der Waals surface area contributed by atoms with Crippen molar-refractivity contribution in [2.45, 2.75) is 39.0 Å². The molecule has 0 fully saturated rings. The Morgan fingerprint density at radius 2 is 1.78 bits per heavy atom. The van der Waals surface area contributed by atoms with Crippen molar-refractivity contribution in [3.8, 4) is 11.5 Å². The van der Waals surface area contributed by atoms with Gasteiger partial charge in [0, 0.05) is 11.1 Å². The average molecular weight is 251 g/mol. The van der Waals surface area contributed by atoms with Gasteiger partial charge in [-0.25, -0.2) is 0 Å². The fourth-order valence-electron chi connectivity index (χ4n) is 2.02. The molecule has 102 valence electrons. The lowest BCUT2D eigenvalue weighted by Crippen LogP contribution is -2.17. The molecule has 0 spiro atoms. The maximum absolute atomic E-state index is 5.78. The monoisotopic (exact) mass is 251 g/mol. The lowest BCUT2D eigenvalue weighted by atomic mass is 9.83. The van der Waals surface area contributed by atoms with Gasteiger partial charge in [-0.2, -0.15) is 0 Å². The molecule has 1 aromatic rings. The molecular formula is C15H25NO2. The normalized spacial score (nSPS) is 13.3. The third-order valence-corrected chi connectivity index (χ3v) is 3.22. The molecular weight excluding hydrogens is 226 g/mol. The second kappa shape index (κ2) is 5.61. The first-order valence-corrected chi connectivity index (χ1v) is 6.31. The van der Waals surface area contributed by atoms with E-state index in [-0.39, 0.29) is 11.3 Å². The van der Waals surface area contributed by atoms with Crippen LogP contribution in [0.5, 0.6) is 11.5 Å². The van der Waals surface area contributed by atoms with Crippen LogP contribution in [0.2, 0.25) is 0 Å². The molecule has 0 saturated carbocycles. The maximum Gasteiger partial charge on any atom is 0.126 e. The zero-order valence-corrected chi connectivity index (χ0v) is 12.3. The molecule has 2 N–H and O–H groups in total. The van der Waals surface area contributed by atoms with Crippen LogP contribution in [0.3, 0.4) is 0 Å². The van der Waals surface area contributed by atoms with Crippen molar-refractivity contribution in [2.24, 2.45) is 5.73 Å². The molecule has 3 nitrogen and oxygen atoms in total.